The van der Waals surface area contributed by atoms with Crippen LogP contribution in [0, 0.1) is 0 Å². The number of nitrogens with one attached hydrogen (secondary N) is 1. The molecule has 4 nitrogen and oxygen atoms in total. The molecule has 104 valence electrons. The third kappa shape index (κ3) is 3.26. The van der Waals surface area contributed by atoms with Crippen LogP contribution >= 0.6 is 0 Å². The zero-order valence-electron chi connectivity index (χ0n) is 11.7. The maximum atomic E-state index is 12.4. The van der Waals surface area contributed by atoms with Crippen LogP contribution in [0.25, 0.3) is 0 Å². The first kappa shape index (κ1) is 13.9. The second-order valence-electron chi connectivity index (χ2n) is 4.67. The summed E-state index contributed by atoms with van der Waals surface area (Å²) in [6.45, 7) is 6.28. The summed E-state index contributed by atoms with van der Waals surface area (Å²) >= 11 is 0. The summed E-state index contributed by atoms with van der Waals surface area (Å²) in [4.78, 5) is 14.2. The van der Waals surface area contributed by atoms with E-state index in [4.69, 9.17) is 4.74 Å². The average Bonchev–Trinajstić information content (AvgIpc) is 2.43. The summed E-state index contributed by atoms with van der Waals surface area (Å²) in [6.07, 6.45) is 1.97. The summed E-state index contributed by atoms with van der Waals surface area (Å²) < 4.78 is 5.42. The Labute approximate surface area is 114 Å². The van der Waals surface area contributed by atoms with Crippen molar-refractivity contribution in [3.63, 3.8) is 0 Å². The zero-order chi connectivity index (χ0) is 13.7. The molecular formula is C15H22N2O2. The van der Waals surface area contributed by atoms with Gasteiger partial charge in [-0.2, -0.15) is 0 Å². The highest BCUT2D eigenvalue weighted by Crippen LogP contribution is 2.23. The Balaban J connectivity index is 2.09. The molecule has 1 amide bonds. The van der Waals surface area contributed by atoms with E-state index in [1.165, 1.54) is 0 Å². The normalized spacial score (nSPS) is 19.6. The van der Waals surface area contributed by atoms with Crippen molar-refractivity contribution in [3.05, 3.63) is 24.3 Å². The molecule has 0 saturated carbocycles. The van der Waals surface area contributed by atoms with E-state index < -0.39 is 0 Å². The van der Waals surface area contributed by atoms with Gasteiger partial charge in [0.2, 0.25) is 5.91 Å². The topological polar surface area (TPSA) is 41.6 Å². The lowest BCUT2D eigenvalue weighted by molar-refractivity contribution is -0.121. The molecule has 0 radical (unpaired) electrons. The molecule has 1 unspecified atom stereocenters. The predicted octanol–water partition coefficient (Wildman–Crippen LogP) is 2.19. The third-order valence-electron chi connectivity index (χ3n) is 3.35. The van der Waals surface area contributed by atoms with Crippen molar-refractivity contribution < 1.29 is 9.53 Å². The monoisotopic (exact) mass is 262 g/mol. The highest BCUT2D eigenvalue weighted by molar-refractivity contribution is 5.97. The molecule has 1 N–H and O–H groups in total. The summed E-state index contributed by atoms with van der Waals surface area (Å²) in [5.41, 5.74) is 0.955. The van der Waals surface area contributed by atoms with Crippen LogP contribution in [-0.4, -0.2) is 31.6 Å². The van der Waals surface area contributed by atoms with Crippen molar-refractivity contribution in [2.45, 2.75) is 32.7 Å². The standard InChI is InChI=1S/C15H22N2O2/c1-3-16-14-6-5-11-17(15(14)18)12-7-9-13(10-8-12)19-4-2/h7-10,14,16H,3-6,11H2,1-2H3. The van der Waals surface area contributed by atoms with Crippen LogP contribution in [0.15, 0.2) is 24.3 Å². The molecule has 1 atom stereocenters. The Morgan fingerprint density at radius 3 is 2.68 bits per heavy atom. The minimum Gasteiger partial charge on any atom is -0.494 e. The van der Waals surface area contributed by atoms with Gasteiger partial charge in [0.15, 0.2) is 0 Å². The third-order valence-corrected chi connectivity index (χ3v) is 3.35. The molecule has 1 saturated heterocycles. The highest BCUT2D eigenvalue weighted by Gasteiger charge is 2.28. The Kier molecular flexibility index (Phi) is 4.80. The molecule has 0 aromatic heterocycles. The molecule has 1 aromatic rings. The van der Waals surface area contributed by atoms with E-state index in [0.29, 0.717) is 6.61 Å². The van der Waals surface area contributed by atoms with Gasteiger partial charge in [0.25, 0.3) is 0 Å². The number of hydrogen-bond acceptors (Lipinski definition) is 3. The lowest BCUT2D eigenvalue weighted by Gasteiger charge is -2.32. The van der Waals surface area contributed by atoms with Crippen molar-refractivity contribution in [2.75, 3.05) is 24.6 Å². The molecular weight excluding hydrogens is 240 g/mol. The first-order chi connectivity index (χ1) is 9.26. The molecule has 0 bridgehead atoms. The average molecular weight is 262 g/mol. The number of benzene rings is 1. The van der Waals surface area contributed by atoms with E-state index in [9.17, 15) is 4.79 Å². The minimum absolute atomic E-state index is 0.0367. The summed E-state index contributed by atoms with van der Waals surface area (Å²) in [7, 11) is 0. The number of carbonyl (C=O) groups excluding carboxylic acids is 1. The lowest BCUT2D eigenvalue weighted by atomic mass is 10.0. The summed E-state index contributed by atoms with van der Waals surface area (Å²) in [5, 5.41) is 3.25. The maximum absolute atomic E-state index is 12.4. The van der Waals surface area contributed by atoms with E-state index >= 15 is 0 Å². The quantitative estimate of drug-likeness (QED) is 0.884. The fourth-order valence-corrected chi connectivity index (χ4v) is 2.46. The van der Waals surface area contributed by atoms with Crippen LogP contribution < -0.4 is 15.0 Å². The van der Waals surface area contributed by atoms with Gasteiger partial charge in [-0.3, -0.25) is 4.79 Å². The number of anilines is 1. The number of hydrogen-bond donors (Lipinski definition) is 1. The number of rotatable bonds is 5. The van der Waals surface area contributed by atoms with Gasteiger partial charge in [0.1, 0.15) is 5.75 Å². The Morgan fingerprint density at radius 1 is 1.32 bits per heavy atom. The van der Waals surface area contributed by atoms with Gasteiger partial charge < -0.3 is 15.0 Å². The van der Waals surface area contributed by atoms with Gasteiger partial charge in [-0.05, 0) is 50.6 Å². The van der Waals surface area contributed by atoms with Crippen LogP contribution in [0.3, 0.4) is 0 Å². The first-order valence-corrected chi connectivity index (χ1v) is 7.04. The van der Waals surface area contributed by atoms with Crippen LogP contribution in [0.5, 0.6) is 5.75 Å². The number of piperidine rings is 1. The molecule has 1 heterocycles. The van der Waals surface area contributed by atoms with Crippen molar-refractivity contribution >= 4 is 11.6 Å². The van der Waals surface area contributed by atoms with Gasteiger partial charge in [-0.15, -0.1) is 0 Å². The number of carbonyl (C=O) groups is 1. The lowest BCUT2D eigenvalue weighted by Crippen LogP contribution is -2.50. The van der Waals surface area contributed by atoms with E-state index in [0.717, 1.165) is 37.4 Å². The number of ether oxygens (including phenoxy) is 1. The van der Waals surface area contributed by atoms with Gasteiger partial charge in [-0.1, -0.05) is 6.92 Å². The van der Waals surface area contributed by atoms with Gasteiger partial charge in [-0.25, -0.2) is 0 Å². The van der Waals surface area contributed by atoms with Gasteiger partial charge >= 0.3 is 0 Å². The molecule has 4 heteroatoms. The second-order valence-corrected chi connectivity index (χ2v) is 4.67. The molecule has 19 heavy (non-hydrogen) atoms. The van der Waals surface area contributed by atoms with Crippen molar-refractivity contribution in [1.29, 1.82) is 0 Å². The van der Waals surface area contributed by atoms with E-state index in [2.05, 4.69) is 5.32 Å². The SMILES string of the molecule is CCNC1CCCN(c2ccc(OCC)cc2)C1=O. The van der Waals surface area contributed by atoms with Crippen LogP contribution in [0.4, 0.5) is 5.69 Å². The number of nitrogens with zero attached hydrogens (tertiary/aromatic N) is 1. The molecule has 1 aliphatic heterocycles. The van der Waals surface area contributed by atoms with Crippen molar-refractivity contribution in [1.82, 2.24) is 5.32 Å². The maximum Gasteiger partial charge on any atom is 0.244 e. The Bertz CT molecular complexity index is 415. The fourth-order valence-electron chi connectivity index (χ4n) is 2.46. The first-order valence-electron chi connectivity index (χ1n) is 7.04. The van der Waals surface area contributed by atoms with Crippen LogP contribution in [0.1, 0.15) is 26.7 Å². The smallest absolute Gasteiger partial charge is 0.244 e. The van der Waals surface area contributed by atoms with E-state index in [-0.39, 0.29) is 11.9 Å². The van der Waals surface area contributed by atoms with Crippen LogP contribution in [-0.2, 0) is 4.79 Å². The number of likely N-dealkylation sites (N-methyl/N-ethyl adjacent to an activating group) is 1. The van der Waals surface area contributed by atoms with E-state index in [1.807, 2.05) is 43.0 Å². The van der Waals surface area contributed by atoms with Gasteiger partial charge in [0.05, 0.1) is 12.6 Å². The zero-order valence-corrected chi connectivity index (χ0v) is 11.7. The van der Waals surface area contributed by atoms with Crippen LogP contribution in [0.2, 0.25) is 0 Å². The Hall–Kier alpha value is -1.55. The summed E-state index contributed by atoms with van der Waals surface area (Å²) in [6, 6.07) is 7.71. The van der Waals surface area contributed by atoms with Crippen molar-refractivity contribution in [3.8, 4) is 5.75 Å². The number of amides is 1. The molecule has 0 aliphatic carbocycles. The summed E-state index contributed by atoms with van der Waals surface area (Å²) in [5.74, 6) is 1.02. The minimum atomic E-state index is -0.0367. The molecule has 2 rings (SSSR count). The van der Waals surface area contributed by atoms with Gasteiger partial charge in [0, 0.05) is 12.2 Å². The van der Waals surface area contributed by atoms with Crippen molar-refractivity contribution in [2.24, 2.45) is 0 Å². The predicted molar refractivity (Wildman–Crippen MR) is 76.7 cm³/mol. The molecule has 1 aliphatic rings. The fraction of sp³-hybridized carbons (Fsp3) is 0.533. The molecule has 1 fully saturated rings. The second kappa shape index (κ2) is 6.57. The highest BCUT2D eigenvalue weighted by atomic mass is 16.5. The Morgan fingerprint density at radius 2 is 2.05 bits per heavy atom. The van der Waals surface area contributed by atoms with E-state index in [1.54, 1.807) is 0 Å². The molecule has 1 aromatic carbocycles. The largest absolute Gasteiger partial charge is 0.494 e. The molecule has 0 spiro atoms.